The Kier molecular flexibility index (Phi) is 4.25. The Bertz CT molecular complexity index is 626. The molecule has 0 radical (unpaired) electrons. The van der Waals surface area contributed by atoms with Crippen LogP contribution in [-0.2, 0) is 17.9 Å². The Morgan fingerprint density at radius 1 is 1.24 bits per heavy atom. The maximum Gasteiger partial charge on any atom is 0.240 e. The van der Waals surface area contributed by atoms with E-state index in [0.29, 0.717) is 19.1 Å². The Hall–Kier alpha value is -1.81. The van der Waals surface area contributed by atoms with Gasteiger partial charge in [-0.1, -0.05) is 25.3 Å². The second kappa shape index (κ2) is 6.31. The molecule has 1 heterocycles. The molecule has 1 aliphatic carbocycles. The van der Waals surface area contributed by atoms with Gasteiger partial charge in [-0.05, 0) is 42.0 Å². The first kappa shape index (κ1) is 14.1. The van der Waals surface area contributed by atoms with E-state index >= 15 is 0 Å². The van der Waals surface area contributed by atoms with Crippen molar-refractivity contribution in [3.8, 4) is 0 Å². The lowest BCUT2D eigenvalue weighted by atomic mass is 9.95. The van der Waals surface area contributed by atoms with Gasteiger partial charge in [0.25, 0.3) is 0 Å². The molecule has 21 heavy (non-hydrogen) atoms. The number of benzene rings is 1. The van der Waals surface area contributed by atoms with Gasteiger partial charge in [0, 0.05) is 24.3 Å². The molecule has 1 fully saturated rings. The lowest BCUT2D eigenvalue weighted by Crippen LogP contribution is -2.38. The first-order valence-electron chi connectivity index (χ1n) is 7.83. The number of nitrogens with one attached hydrogen (secondary N) is 1. The van der Waals surface area contributed by atoms with Gasteiger partial charge in [-0.25, -0.2) is 0 Å². The summed E-state index contributed by atoms with van der Waals surface area (Å²) in [6.45, 7) is 0.936. The predicted molar refractivity (Wildman–Crippen MR) is 84.8 cm³/mol. The highest BCUT2D eigenvalue weighted by Gasteiger charge is 2.16. The van der Waals surface area contributed by atoms with Gasteiger partial charge in [-0.15, -0.1) is 0 Å². The fraction of sp³-hybridized carbons (Fsp3) is 0.471. The Morgan fingerprint density at radius 2 is 2.05 bits per heavy atom. The van der Waals surface area contributed by atoms with E-state index in [2.05, 4.69) is 11.4 Å². The average molecular weight is 285 g/mol. The van der Waals surface area contributed by atoms with Crippen molar-refractivity contribution in [2.45, 2.75) is 51.2 Å². The first-order chi connectivity index (χ1) is 10.3. The smallest absolute Gasteiger partial charge is 0.240 e. The summed E-state index contributed by atoms with van der Waals surface area (Å²) in [6, 6.07) is 8.58. The van der Waals surface area contributed by atoms with Crippen LogP contribution in [0.4, 0.5) is 0 Å². The van der Waals surface area contributed by atoms with Crippen LogP contribution in [0.3, 0.4) is 0 Å². The van der Waals surface area contributed by atoms with Crippen LogP contribution in [-0.4, -0.2) is 16.5 Å². The molecule has 0 saturated heterocycles. The van der Waals surface area contributed by atoms with Crippen molar-refractivity contribution in [1.82, 2.24) is 9.88 Å². The Labute approximate surface area is 125 Å². The van der Waals surface area contributed by atoms with Crippen LogP contribution in [0, 0.1) is 0 Å². The molecule has 0 unspecified atom stereocenters. The highest BCUT2D eigenvalue weighted by molar-refractivity contribution is 5.84. The molecule has 1 aromatic heterocycles. The van der Waals surface area contributed by atoms with Crippen LogP contribution in [0.1, 0.15) is 37.7 Å². The number of amides is 1. The minimum absolute atomic E-state index is 0.113. The Morgan fingerprint density at radius 3 is 2.81 bits per heavy atom. The number of fused-ring (bicyclic) bond motifs is 1. The van der Waals surface area contributed by atoms with Gasteiger partial charge < -0.3 is 15.6 Å². The highest BCUT2D eigenvalue weighted by atomic mass is 16.2. The van der Waals surface area contributed by atoms with Gasteiger partial charge in [0.05, 0.1) is 0 Å². The normalized spacial score (nSPS) is 16.2. The monoisotopic (exact) mass is 285 g/mol. The molecule has 1 aromatic carbocycles. The fourth-order valence-electron chi connectivity index (χ4n) is 3.19. The standard InChI is InChI=1S/C17H23N3O/c18-11-13-6-7-16-14(10-13)8-9-20(16)12-17(21)19-15-4-2-1-3-5-15/h6-10,15H,1-5,11-12,18H2,(H,19,21). The van der Waals surface area contributed by atoms with Crippen LogP contribution < -0.4 is 11.1 Å². The number of hydrogen-bond acceptors (Lipinski definition) is 2. The summed E-state index contributed by atoms with van der Waals surface area (Å²) in [5.41, 5.74) is 7.87. The molecule has 3 rings (SSSR count). The van der Waals surface area contributed by atoms with Gasteiger partial charge in [0.15, 0.2) is 0 Å². The predicted octanol–water partition coefficient (Wildman–Crippen LogP) is 2.55. The van der Waals surface area contributed by atoms with Gasteiger partial charge in [0.1, 0.15) is 6.54 Å². The third kappa shape index (κ3) is 3.27. The van der Waals surface area contributed by atoms with E-state index in [0.717, 1.165) is 29.3 Å². The highest BCUT2D eigenvalue weighted by Crippen LogP contribution is 2.19. The van der Waals surface area contributed by atoms with E-state index in [1.165, 1.54) is 19.3 Å². The number of nitrogens with two attached hydrogens (primary N) is 1. The minimum atomic E-state index is 0.113. The summed E-state index contributed by atoms with van der Waals surface area (Å²) < 4.78 is 2.01. The minimum Gasteiger partial charge on any atom is -0.352 e. The summed E-state index contributed by atoms with van der Waals surface area (Å²) >= 11 is 0. The molecule has 4 heteroatoms. The fourth-order valence-corrected chi connectivity index (χ4v) is 3.19. The molecule has 0 spiro atoms. The van der Waals surface area contributed by atoms with Crippen LogP contribution in [0.2, 0.25) is 0 Å². The third-order valence-electron chi connectivity index (χ3n) is 4.36. The summed E-state index contributed by atoms with van der Waals surface area (Å²) in [4.78, 5) is 12.2. The number of carbonyl (C=O) groups excluding carboxylic acids is 1. The summed E-state index contributed by atoms with van der Waals surface area (Å²) in [7, 11) is 0. The maximum atomic E-state index is 12.2. The van der Waals surface area contributed by atoms with E-state index < -0.39 is 0 Å². The van der Waals surface area contributed by atoms with E-state index in [4.69, 9.17) is 5.73 Å². The van der Waals surface area contributed by atoms with Crippen molar-refractivity contribution in [2.75, 3.05) is 0 Å². The topological polar surface area (TPSA) is 60.0 Å². The summed E-state index contributed by atoms with van der Waals surface area (Å²) in [5, 5.41) is 4.31. The zero-order chi connectivity index (χ0) is 14.7. The number of aromatic nitrogens is 1. The molecule has 112 valence electrons. The van der Waals surface area contributed by atoms with Gasteiger partial charge >= 0.3 is 0 Å². The summed E-state index contributed by atoms with van der Waals surface area (Å²) in [6.07, 6.45) is 8.00. The maximum absolute atomic E-state index is 12.2. The molecule has 4 nitrogen and oxygen atoms in total. The lowest BCUT2D eigenvalue weighted by molar-refractivity contribution is -0.122. The second-order valence-electron chi connectivity index (χ2n) is 5.94. The lowest BCUT2D eigenvalue weighted by Gasteiger charge is -2.22. The second-order valence-corrected chi connectivity index (χ2v) is 5.94. The van der Waals surface area contributed by atoms with Crippen molar-refractivity contribution in [3.63, 3.8) is 0 Å². The van der Waals surface area contributed by atoms with Crippen molar-refractivity contribution >= 4 is 16.8 Å². The van der Waals surface area contributed by atoms with E-state index in [-0.39, 0.29) is 5.91 Å². The molecule has 1 aliphatic rings. The van der Waals surface area contributed by atoms with Crippen molar-refractivity contribution in [3.05, 3.63) is 36.0 Å². The van der Waals surface area contributed by atoms with Crippen molar-refractivity contribution in [2.24, 2.45) is 5.73 Å². The Balaban J connectivity index is 1.68. The molecular formula is C17H23N3O. The molecule has 0 bridgehead atoms. The van der Waals surface area contributed by atoms with Crippen molar-refractivity contribution < 1.29 is 4.79 Å². The SMILES string of the molecule is NCc1ccc2c(ccn2CC(=O)NC2CCCCC2)c1. The van der Waals surface area contributed by atoms with Crippen LogP contribution in [0.25, 0.3) is 10.9 Å². The third-order valence-corrected chi connectivity index (χ3v) is 4.36. The van der Waals surface area contributed by atoms with Gasteiger partial charge in [-0.3, -0.25) is 4.79 Å². The quantitative estimate of drug-likeness (QED) is 0.907. The molecule has 3 N–H and O–H groups in total. The largest absolute Gasteiger partial charge is 0.352 e. The van der Waals surface area contributed by atoms with Gasteiger partial charge in [-0.2, -0.15) is 0 Å². The first-order valence-corrected chi connectivity index (χ1v) is 7.83. The zero-order valence-electron chi connectivity index (χ0n) is 12.3. The summed E-state index contributed by atoms with van der Waals surface area (Å²) in [5.74, 6) is 0.113. The molecule has 2 aromatic rings. The van der Waals surface area contributed by atoms with E-state index in [9.17, 15) is 4.79 Å². The number of hydrogen-bond donors (Lipinski definition) is 2. The van der Waals surface area contributed by atoms with Crippen molar-refractivity contribution in [1.29, 1.82) is 0 Å². The molecular weight excluding hydrogens is 262 g/mol. The van der Waals surface area contributed by atoms with Crippen LogP contribution >= 0.6 is 0 Å². The van der Waals surface area contributed by atoms with E-state index in [1.807, 2.05) is 29.0 Å². The average Bonchev–Trinajstić information content (AvgIpc) is 2.90. The molecule has 0 aliphatic heterocycles. The van der Waals surface area contributed by atoms with Crippen LogP contribution in [0.15, 0.2) is 30.5 Å². The number of rotatable bonds is 4. The van der Waals surface area contributed by atoms with Gasteiger partial charge in [0.2, 0.25) is 5.91 Å². The van der Waals surface area contributed by atoms with Crippen LogP contribution in [0.5, 0.6) is 0 Å². The zero-order valence-corrected chi connectivity index (χ0v) is 12.3. The number of nitrogens with zero attached hydrogens (tertiary/aromatic N) is 1. The molecule has 1 amide bonds. The molecule has 1 saturated carbocycles. The van der Waals surface area contributed by atoms with E-state index in [1.54, 1.807) is 0 Å². The molecule has 0 atom stereocenters. The number of carbonyl (C=O) groups is 1.